The molecule has 0 radical (unpaired) electrons. The third kappa shape index (κ3) is 3.56. The molecule has 26 heavy (non-hydrogen) atoms. The first-order valence-electron chi connectivity index (χ1n) is 9.00. The molecule has 1 N–H and O–H groups in total. The summed E-state index contributed by atoms with van der Waals surface area (Å²) in [7, 11) is 1.68. The number of methoxy groups -OCH3 is 1. The zero-order valence-electron chi connectivity index (χ0n) is 14.9. The molecule has 1 aromatic heterocycles. The molecule has 1 aliphatic heterocycles. The van der Waals surface area contributed by atoms with E-state index in [0.717, 1.165) is 30.3 Å². The third-order valence-electron chi connectivity index (χ3n) is 4.79. The molecule has 4 rings (SSSR count). The van der Waals surface area contributed by atoms with Gasteiger partial charge in [0.1, 0.15) is 17.3 Å². The zero-order chi connectivity index (χ0) is 17.9. The van der Waals surface area contributed by atoms with Crippen molar-refractivity contribution in [3.05, 3.63) is 42.4 Å². The van der Waals surface area contributed by atoms with E-state index >= 15 is 0 Å². The number of para-hydroxylation sites is 2. The Morgan fingerprint density at radius 1 is 1.12 bits per heavy atom. The van der Waals surface area contributed by atoms with Crippen molar-refractivity contribution in [2.45, 2.75) is 18.9 Å². The lowest BCUT2D eigenvalue weighted by atomic mass is 10.2. The van der Waals surface area contributed by atoms with Gasteiger partial charge in [-0.3, -0.25) is 4.79 Å². The molecule has 1 aromatic carbocycles. The molecule has 1 amide bonds. The highest BCUT2D eigenvalue weighted by Gasteiger charge is 2.25. The van der Waals surface area contributed by atoms with Gasteiger partial charge in [0, 0.05) is 32.2 Å². The van der Waals surface area contributed by atoms with Crippen LogP contribution >= 0.6 is 0 Å². The molecule has 2 fully saturated rings. The number of nitrogens with one attached hydrogen (secondary N) is 1. The van der Waals surface area contributed by atoms with Crippen molar-refractivity contribution in [2.75, 3.05) is 43.5 Å². The van der Waals surface area contributed by atoms with Crippen molar-refractivity contribution in [1.29, 1.82) is 0 Å². The Bertz CT molecular complexity index is 768. The van der Waals surface area contributed by atoms with E-state index in [4.69, 9.17) is 4.74 Å². The SMILES string of the molecule is COc1ccccc1N1CCN(C(=O)c2cnc(NC3CC3)cn2)CC1. The van der Waals surface area contributed by atoms with Gasteiger partial charge in [0.15, 0.2) is 0 Å². The van der Waals surface area contributed by atoms with Gasteiger partial charge in [-0.25, -0.2) is 9.97 Å². The fourth-order valence-corrected chi connectivity index (χ4v) is 3.15. The predicted molar refractivity (Wildman–Crippen MR) is 99.8 cm³/mol. The molecule has 0 atom stereocenters. The number of benzene rings is 1. The van der Waals surface area contributed by atoms with Crippen LogP contribution in [0.25, 0.3) is 0 Å². The van der Waals surface area contributed by atoms with Gasteiger partial charge in [-0.1, -0.05) is 12.1 Å². The van der Waals surface area contributed by atoms with Crippen LogP contribution in [0.15, 0.2) is 36.7 Å². The smallest absolute Gasteiger partial charge is 0.274 e. The van der Waals surface area contributed by atoms with Crippen LogP contribution in [0.5, 0.6) is 5.75 Å². The largest absolute Gasteiger partial charge is 0.495 e. The maximum atomic E-state index is 12.7. The number of carbonyl (C=O) groups is 1. The fraction of sp³-hybridized carbons (Fsp3) is 0.421. The van der Waals surface area contributed by atoms with Gasteiger partial charge in [0.2, 0.25) is 0 Å². The number of carbonyl (C=O) groups excluding carboxylic acids is 1. The molecule has 2 aliphatic rings. The van der Waals surface area contributed by atoms with E-state index in [9.17, 15) is 4.79 Å². The van der Waals surface area contributed by atoms with Crippen molar-refractivity contribution in [3.8, 4) is 5.75 Å². The molecule has 7 heteroatoms. The van der Waals surface area contributed by atoms with Crippen LogP contribution in [0, 0.1) is 0 Å². The minimum absolute atomic E-state index is 0.0600. The van der Waals surface area contributed by atoms with E-state index in [1.807, 2.05) is 29.2 Å². The highest BCUT2D eigenvalue weighted by atomic mass is 16.5. The topological polar surface area (TPSA) is 70.6 Å². The number of ether oxygens (including phenoxy) is 1. The molecule has 0 unspecified atom stereocenters. The van der Waals surface area contributed by atoms with Crippen LogP contribution in [0.1, 0.15) is 23.3 Å². The zero-order valence-corrected chi connectivity index (χ0v) is 14.9. The number of piperazine rings is 1. The van der Waals surface area contributed by atoms with Crippen LogP contribution < -0.4 is 15.0 Å². The molecule has 0 bridgehead atoms. The second-order valence-corrected chi connectivity index (χ2v) is 6.66. The molecule has 0 spiro atoms. The minimum Gasteiger partial charge on any atom is -0.495 e. The van der Waals surface area contributed by atoms with E-state index < -0.39 is 0 Å². The van der Waals surface area contributed by atoms with Crippen molar-refractivity contribution in [1.82, 2.24) is 14.9 Å². The highest BCUT2D eigenvalue weighted by molar-refractivity contribution is 5.92. The number of anilines is 2. The first-order valence-corrected chi connectivity index (χ1v) is 9.00. The fourth-order valence-electron chi connectivity index (χ4n) is 3.15. The quantitative estimate of drug-likeness (QED) is 0.887. The summed E-state index contributed by atoms with van der Waals surface area (Å²) in [5, 5.41) is 3.28. The number of aromatic nitrogens is 2. The van der Waals surface area contributed by atoms with Gasteiger partial charge in [0.05, 0.1) is 25.2 Å². The monoisotopic (exact) mass is 353 g/mol. The number of nitrogens with zero attached hydrogens (tertiary/aromatic N) is 4. The molecular weight excluding hydrogens is 330 g/mol. The Balaban J connectivity index is 1.37. The molecule has 1 saturated heterocycles. The van der Waals surface area contributed by atoms with Gasteiger partial charge in [-0.05, 0) is 25.0 Å². The molecule has 2 aromatic rings. The van der Waals surface area contributed by atoms with E-state index in [1.54, 1.807) is 19.5 Å². The summed E-state index contributed by atoms with van der Waals surface area (Å²) in [5.41, 5.74) is 1.47. The summed E-state index contributed by atoms with van der Waals surface area (Å²) in [6, 6.07) is 8.49. The van der Waals surface area contributed by atoms with Crippen LogP contribution in [-0.4, -0.2) is 60.1 Å². The van der Waals surface area contributed by atoms with Gasteiger partial charge < -0.3 is 19.9 Å². The van der Waals surface area contributed by atoms with Crippen molar-refractivity contribution in [3.63, 3.8) is 0 Å². The van der Waals surface area contributed by atoms with Gasteiger partial charge in [-0.2, -0.15) is 0 Å². The Hall–Kier alpha value is -2.83. The Morgan fingerprint density at radius 3 is 2.54 bits per heavy atom. The van der Waals surface area contributed by atoms with Crippen LogP contribution in [0.4, 0.5) is 11.5 Å². The van der Waals surface area contributed by atoms with E-state index in [-0.39, 0.29) is 5.91 Å². The lowest BCUT2D eigenvalue weighted by Crippen LogP contribution is -2.49. The Kier molecular flexibility index (Phi) is 4.60. The minimum atomic E-state index is -0.0600. The Morgan fingerprint density at radius 2 is 1.88 bits per heavy atom. The van der Waals surface area contributed by atoms with Gasteiger partial charge in [0.25, 0.3) is 5.91 Å². The summed E-state index contributed by atoms with van der Waals surface area (Å²) >= 11 is 0. The van der Waals surface area contributed by atoms with Gasteiger partial charge >= 0.3 is 0 Å². The summed E-state index contributed by atoms with van der Waals surface area (Å²) < 4.78 is 5.44. The average molecular weight is 353 g/mol. The van der Waals surface area contributed by atoms with Gasteiger partial charge in [-0.15, -0.1) is 0 Å². The summed E-state index contributed by atoms with van der Waals surface area (Å²) in [4.78, 5) is 25.4. The molecule has 1 aliphatic carbocycles. The first kappa shape index (κ1) is 16.6. The maximum absolute atomic E-state index is 12.7. The number of hydrogen-bond donors (Lipinski definition) is 1. The number of rotatable bonds is 5. The van der Waals surface area contributed by atoms with E-state index in [0.29, 0.717) is 24.8 Å². The number of hydrogen-bond acceptors (Lipinski definition) is 6. The van der Waals surface area contributed by atoms with E-state index in [1.165, 1.54) is 12.8 Å². The standard InChI is InChI=1S/C19H23N5O2/c1-26-17-5-3-2-4-16(17)23-8-10-24(11-9-23)19(25)15-12-21-18(13-20-15)22-14-6-7-14/h2-5,12-14H,6-11H2,1H3,(H,21,22). The van der Waals surface area contributed by atoms with Crippen LogP contribution in [-0.2, 0) is 0 Å². The summed E-state index contributed by atoms with van der Waals surface area (Å²) in [5.74, 6) is 1.54. The molecule has 1 saturated carbocycles. The average Bonchev–Trinajstić information content (AvgIpc) is 3.52. The van der Waals surface area contributed by atoms with E-state index in [2.05, 4.69) is 20.2 Å². The first-order chi connectivity index (χ1) is 12.7. The lowest BCUT2D eigenvalue weighted by Gasteiger charge is -2.36. The summed E-state index contributed by atoms with van der Waals surface area (Å²) in [6.07, 6.45) is 5.58. The normalized spacial score (nSPS) is 17.1. The second kappa shape index (κ2) is 7.19. The second-order valence-electron chi connectivity index (χ2n) is 6.66. The Labute approximate surface area is 153 Å². The van der Waals surface area contributed by atoms with Crippen molar-refractivity contribution in [2.24, 2.45) is 0 Å². The van der Waals surface area contributed by atoms with Crippen LogP contribution in [0.3, 0.4) is 0 Å². The van der Waals surface area contributed by atoms with Crippen molar-refractivity contribution < 1.29 is 9.53 Å². The van der Waals surface area contributed by atoms with Crippen LogP contribution in [0.2, 0.25) is 0 Å². The highest BCUT2D eigenvalue weighted by Crippen LogP contribution is 2.28. The third-order valence-corrected chi connectivity index (χ3v) is 4.79. The predicted octanol–water partition coefficient (Wildman–Crippen LogP) is 2.02. The summed E-state index contributed by atoms with van der Waals surface area (Å²) in [6.45, 7) is 2.84. The molecule has 7 nitrogen and oxygen atoms in total. The molecule has 136 valence electrons. The molecular formula is C19H23N5O2. The van der Waals surface area contributed by atoms with Crippen molar-refractivity contribution >= 4 is 17.4 Å². The lowest BCUT2D eigenvalue weighted by molar-refractivity contribution is 0.0740. The maximum Gasteiger partial charge on any atom is 0.274 e. The number of amides is 1. The molecule has 2 heterocycles.